The van der Waals surface area contributed by atoms with Gasteiger partial charge >= 0.3 is 0 Å². The number of amides is 1. The minimum atomic E-state index is 0.220. The summed E-state index contributed by atoms with van der Waals surface area (Å²) in [6, 6.07) is 3.63. The molecule has 0 aromatic carbocycles. The Hall–Kier alpha value is -1.69. The summed E-state index contributed by atoms with van der Waals surface area (Å²) in [5, 5.41) is 3.17. The second-order valence-electron chi connectivity index (χ2n) is 4.56. The van der Waals surface area contributed by atoms with Gasteiger partial charge < -0.3 is 16.0 Å². The molecule has 1 amide bonds. The highest BCUT2D eigenvalue weighted by Crippen LogP contribution is 2.10. The lowest BCUT2D eigenvalue weighted by Crippen LogP contribution is -2.29. The van der Waals surface area contributed by atoms with E-state index < -0.39 is 0 Å². The summed E-state index contributed by atoms with van der Waals surface area (Å²) in [5.41, 5.74) is 6.95. The Morgan fingerprint density at radius 1 is 1.42 bits per heavy atom. The summed E-state index contributed by atoms with van der Waals surface area (Å²) < 4.78 is 0. The smallest absolute Gasteiger partial charge is 0.224 e. The third-order valence-electron chi connectivity index (χ3n) is 3.14. The zero-order valence-corrected chi connectivity index (χ0v) is 11.6. The molecule has 0 spiro atoms. The molecule has 19 heavy (non-hydrogen) atoms. The maximum absolute atomic E-state index is 11.8. The quantitative estimate of drug-likeness (QED) is 0.790. The van der Waals surface area contributed by atoms with Crippen molar-refractivity contribution < 1.29 is 4.79 Å². The van der Waals surface area contributed by atoms with Gasteiger partial charge in [-0.2, -0.15) is 0 Å². The van der Waals surface area contributed by atoms with Crippen molar-refractivity contribution >= 4 is 28.8 Å². The minimum Gasteiger partial charge on any atom is -0.388 e. The highest BCUT2D eigenvalue weighted by molar-refractivity contribution is 7.80. The van der Waals surface area contributed by atoms with E-state index in [1.54, 1.807) is 12.3 Å². The third kappa shape index (κ3) is 3.89. The van der Waals surface area contributed by atoms with Gasteiger partial charge in [-0.3, -0.25) is 9.78 Å². The van der Waals surface area contributed by atoms with Crippen LogP contribution in [0.15, 0.2) is 18.3 Å². The second-order valence-corrected chi connectivity index (χ2v) is 5.00. The molecule has 1 aliphatic rings. The molecule has 1 aliphatic heterocycles. The van der Waals surface area contributed by atoms with Crippen molar-refractivity contribution in [1.29, 1.82) is 0 Å². The van der Waals surface area contributed by atoms with Crippen LogP contribution in [-0.4, -0.2) is 40.4 Å². The van der Waals surface area contributed by atoms with E-state index in [4.69, 9.17) is 18.0 Å². The average molecular weight is 278 g/mol. The van der Waals surface area contributed by atoms with Crippen LogP contribution in [0.5, 0.6) is 0 Å². The Morgan fingerprint density at radius 2 is 2.16 bits per heavy atom. The van der Waals surface area contributed by atoms with Crippen LogP contribution in [-0.2, 0) is 4.79 Å². The van der Waals surface area contributed by atoms with Crippen LogP contribution >= 0.6 is 12.2 Å². The van der Waals surface area contributed by atoms with E-state index in [2.05, 4.69) is 10.3 Å². The number of rotatable bonds is 5. The van der Waals surface area contributed by atoms with Crippen LogP contribution < -0.4 is 11.1 Å². The summed E-state index contributed by atoms with van der Waals surface area (Å²) in [6.07, 6.45) is 4.44. The number of nitrogens with one attached hydrogen (secondary N) is 1. The van der Waals surface area contributed by atoms with E-state index in [1.807, 2.05) is 11.0 Å². The lowest BCUT2D eigenvalue weighted by atomic mass is 10.3. The molecule has 1 aromatic rings. The first-order valence-corrected chi connectivity index (χ1v) is 6.85. The van der Waals surface area contributed by atoms with Crippen molar-refractivity contribution in [2.45, 2.75) is 19.3 Å². The number of hydrogen-bond donors (Lipinski definition) is 2. The molecule has 0 atom stereocenters. The highest BCUT2D eigenvalue weighted by Gasteiger charge is 2.16. The van der Waals surface area contributed by atoms with Gasteiger partial charge in [0.2, 0.25) is 5.91 Å². The number of thiocarbonyl (C=S) groups is 1. The maximum atomic E-state index is 11.8. The number of aromatic nitrogens is 1. The number of nitrogens with zero attached hydrogens (tertiary/aromatic N) is 2. The van der Waals surface area contributed by atoms with Gasteiger partial charge in [0, 0.05) is 26.1 Å². The van der Waals surface area contributed by atoms with E-state index in [9.17, 15) is 4.79 Å². The van der Waals surface area contributed by atoms with Crippen LogP contribution in [0.4, 0.5) is 5.69 Å². The SMILES string of the molecule is NC(=S)c1ccc(NCCC(=O)N2CCCC2)cn1. The number of carbonyl (C=O) groups excluding carboxylic acids is 1. The van der Waals surface area contributed by atoms with Crippen molar-refractivity contribution in [2.75, 3.05) is 25.0 Å². The summed E-state index contributed by atoms with van der Waals surface area (Å²) >= 11 is 4.83. The van der Waals surface area contributed by atoms with Crippen molar-refractivity contribution in [3.8, 4) is 0 Å². The number of nitrogens with two attached hydrogens (primary N) is 1. The highest BCUT2D eigenvalue weighted by atomic mass is 32.1. The molecule has 3 N–H and O–H groups in total. The molecule has 2 rings (SSSR count). The van der Waals surface area contributed by atoms with Gasteiger partial charge in [0.05, 0.1) is 17.6 Å². The van der Waals surface area contributed by atoms with E-state index in [0.717, 1.165) is 31.6 Å². The van der Waals surface area contributed by atoms with Crippen LogP contribution in [0.2, 0.25) is 0 Å². The molecule has 0 radical (unpaired) electrons. The van der Waals surface area contributed by atoms with Gasteiger partial charge in [-0.05, 0) is 25.0 Å². The number of hydrogen-bond acceptors (Lipinski definition) is 4. The third-order valence-corrected chi connectivity index (χ3v) is 3.35. The minimum absolute atomic E-state index is 0.220. The molecule has 1 aromatic heterocycles. The van der Waals surface area contributed by atoms with Crippen LogP contribution in [0.1, 0.15) is 25.0 Å². The molecular weight excluding hydrogens is 260 g/mol. The van der Waals surface area contributed by atoms with Gasteiger partial charge in [0.1, 0.15) is 4.99 Å². The fourth-order valence-electron chi connectivity index (χ4n) is 2.08. The molecule has 0 saturated carbocycles. The Morgan fingerprint density at radius 3 is 2.74 bits per heavy atom. The Balaban J connectivity index is 1.75. The Labute approximate surface area is 118 Å². The number of carbonyl (C=O) groups is 1. The molecule has 2 heterocycles. The number of pyridine rings is 1. The van der Waals surface area contributed by atoms with Gasteiger partial charge in [-0.15, -0.1) is 0 Å². The van der Waals surface area contributed by atoms with Crippen molar-refractivity contribution in [1.82, 2.24) is 9.88 Å². The zero-order valence-electron chi connectivity index (χ0n) is 10.8. The fraction of sp³-hybridized carbons (Fsp3) is 0.462. The standard InChI is InChI=1S/C13H18N4OS/c14-13(19)11-4-3-10(9-16-11)15-6-5-12(18)17-7-1-2-8-17/h3-4,9,15H,1-2,5-8H2,(H2,14,19). The molecule has 1 saturated heterocycles. The molecule has 0 aliphatic carbocycles. The normalized spacial score (nSPS) is 14.4. The monoisotopic (exact) mass is 278 g/mol. The predicted molar refractivity (Wildman–Crippen MR) is 79.0 cm³/mol. The maximum Gasteiger partial charge on any atom is 0.224 e. The lowest BCUT2D eigenvalue weighted by molar-refractivity contribution is -0.129. The first-order valence-electron chi connectivity index (χ1n) is 6.44. The van der Waals surface area contributed by atoms with Gasteiger partial charge in [-0.25, -0.2) is 0 Å². The second kappa shape index (κ2) is 6.47. The summed E-state index contributed by atoms with van der Waals surface area (Å²) in [5.74, 6) is 0.220. The van der Waals surface area contributed by atoms with E-state index in [0.29, 0.717) is 18.7 Å². The number of likely N-dealkylation sites (tertiary alicyclic amines) is 1. The van der Waals surface area contributed by atoms with Crippen molar-refractivity contribution in [3.05, 3.63) is 24.0 Å². The molecule has 6 heteroatoms. The predicted octanol–water partition coefficient (Wildman–Crippen LogP) is 1.14. The van der Waals surface area contributed by atoms with Crippen LogP contribution in [0.3, 0.4) is 0 Å². The molecule has 5 nitrogen and oxygen atoms in total. The summed E-state index contributed by atoms with van der Waals surface area (Å²) in [7, 11) is 0. The topological polar surface area (TPSA) is 71.2 Å². The fourth-order valence-corrected chi connectivity index (χ4v) is 2.20. The Bertz CT molecular complexity index is 454. The zero-order chi connectivity index (χ0) is 13.7. The van der Waals surface area contributed by atoms with Gasteiger partial charge in [0.25, 0.3) is 0 Å². The first-order chi connectivity index (χ1) is 9.16. The lowest BCUT2D eigenvalue weighted by Gasteiger charge is -2.15. The molecule has 0 bridgehead atoms. The van der Waals surface area contributed by atoms with Crippen molar-refractivity contribution in [3.63, 3.8) is 0 Å². The summed E-state index contributed by atoms with van der Waals surface area (Å²) in [4.78, 5) is 18.2. The van der Waals surface area contributed by atoms with Crippen molar-refractivity contribution in [2.24, 2.45) is 5.73 Å². The van der Waals surface area contributed by atoms with E-state index in [-0.39, 0.29) is 10.9 Å². The van der Waals surface area contributed by atoms with E-state index >= 15 is 0 Å². The molecule has 0 unspecified atom stereocenters. The number of anilines is 1. The Kier molecular flexibility index (Phi) is 4.68. The van der Waals surface area contributed by atoms with E-state index in [1.165, 1.54) is 0 Å². The molecule has 1 fully saturated rings. The van der Waals surface area contributed by atoms with Gasteiger partial charge in [-0.1, -0.05) is 12.2 Å². The van der Waals surface area contributed by atoms with Crippen LogP contribution in [0.25, 0.3) is 0 Å². The molecule has 102 valence electrons. The van der Waals surface area contributed by atoms with Gasteiger partial charge in [0.15, 0.2) is 0 Å². The average Bonchev–Trinajstić information content (AvgIpc) is 2.93. The first kappa shape index (κ1) is 13.7. The molecular formula is C13H18N4OS. The summed E-state index contributed by atoms with van der Waals surface area (Å²) in [6.45, 7) is 2.43. The largest absolute Gasteiger partial charge is 0.388 e. The van der Waals surface area contributed by atoms with Crippen LogP contribution in [0, 0.1) is 0 Å².